The molecule has 0 radical (unpaired) electrons. The fraction of sp³-hybridized carbons (Fsp3) is 0.938. The second-order valence-corrected chi connectivity index (χ2v) is 7.73. The molecule has 0 aromatic heterocycles. The largest absolute Gasteiger partial charge is 0.465 e. The number of ether oxygens (including phenoxy) is 1. The Bertz CT molecular complexity index is 254. The van der Waals surface area contributed by atoms with Crippen LogP contribution in [0.5, 0.6) is 0 Å². The van der Waals surface area contributed by atoms with Crippen molar-refractivity contribution in [3.05, 3.63) is 0 Å². The maximum Gasteiger partial charge on any atom is 0.305 e. The van der Waals surface area contributed by atoms with Gasteiger partial charge in [-0.1, -0.05) is 65.2 Å². The van der Waals surface area contributed by atoms with Gasteiger partial charge >= 0.3 is 5.97 Å². The zero-order valence-corrected chi connectivity index (χ0v) is 14.4. The first-order valence-electron chi connectivity index (χ1n) is 8.38. The molecule has 0 saturated heterocycles. The Labute approximate surface area is 125 Å². The van der Waals surface area contributed by atoms with Crippen LogP contribution in [0.15, 0.2) is 0 Å². The Hall–Kier alpha value is -0.300. The fourth-order valence-electron chi connectivity index (χ4n) is 2.11. The Morgan fingerprint density at radius 2 is 1.45 bits per heavy atom. The summed E-state index contributed by atoms with van der Waals surface area (Å²) in [5.41, 5.74) is 0. The molecule has 0 aromatic rings. The van der Waals surface area contributed by atoms with Crippen molar-refractivity contribution in [2.75, 3.05) is 18.9 Å². The Kier molecular flexibility index (Phi) is 14.9. The van der Waals surface area contributed by atoms with E-state index in [0.29, 0.717) is 25.4 Å². The van der Waals surface area contributed by atoms with Crippen molar-refractivity contribution in [3.63, 3.8) is 0 Å². The summed E-state index contributed by atoms with van der Waals surface area (Å²) in [7, 11) is -1.49. The molecule has 0 amide bonds. The first-order chi connectivity index (χ1) is 9.70. The quantitative estimate of drug-likeness (QED) is 0.257. The summed E-state index contributed by atoms with van der Waals surface area (Å²) in [4.78, 5) is 11.4. The lowest BCUT2D eigenvalue weighted by atomic mass is 10.1. The van der Waals surface area contributed by atoms with E-state index in [1.54, 1.807) is 0 Å². The van der Waals surface area contributed by atoms with Crippen LogP contribution in [0, 0.1) is 0 Å². The minimum Gasteiger partial charge on any atom is -0.465 e. The summed E-state index contributed by atoms with van der Waals surface area (Å²) in [6.45, 7) is 4.48. The molecule has 0 fully saturated rings. The Morgan fingerprint density at radius 1 is 0.900 bits per heavy atom. The van der Waals surface area contributed by atoms with Gasteiger partial charge in [-0.25, -0.2) is 0 Å². The monoisotopic (exact) mass is 304 g/mol. The minimum atomic E-state index is -1.49. The number of esters is 1. The van der Waals surface area contributed by atoms with Gasteiger partial charge in [-0.2, -0.15) is 0 Å². The van der Waals surface area contributed by atoms with Crippen LogP contribution in [0.4, 0.5) is 0 Å². The molecule has 4 heteroatoms. The third-order valence-electron chi connectivity index (χ3n) is 3.52. The molecule has 1 atom stereocenters. The maximum atomic E-state index is 11.4. The third kappa shape index (κ3) is 14.1. The molecular formula is C16H33O3P. The number of carbonyl (C=O) groups is 1. The first-order valence-corrected chi connectivity index (χ1v) is 10.2. The van der Waals surface area contributed by atoms with E-state index >= 15 is 0 Å². The minimum absolute atomic E-state index is 0.126. The van der Waals surface area contributed by atoms with Crippen LogP contribution >= 0.6 is 7.80 Å². The van der Waals surface area contributed by atoms with Crippen LogP contribution in [0.1, 0.15) is 78.1 Å². The molecule has 0 N–H and O–H groups in total. The van der Waals surface area contributed by atoms with Crippen LogP contribution in [-0.4, -0.2) is 24.9 Å². The van der Waals surface area contributed by atoms with Crippen LogP contribution in [0.25, 0.3) is 0 Å². The Morgan fingerprint density at radius 3 is 2.00 bits per heavy atom. The standard InChI is InChI=1S/C16H33O3P/c1-3-5-6-7-8-9-10-11-12-13-16(17)19-14-15-20(18)4-2/h20H,3-15H2,1-2H3. The van der Waals surface area contributed by atoms with Crippen molar-refractivity contribution in [2.24, 2.45) is 0 Å². The van der Waals surface area contributed by atoms with Crippen LogP contribution in [0.3, 0.4) is 0 Å². The lowest BCUT2D eigenvalue weighted by Gasteiger charge is -2.04. The van der Waals surface area contributed by atoms with Gasteiger partial charge in [-0.3, -0.25) is 4.79 Å². The topological polar surface area (TPSA) is 43.4 Å². The van der Waals surface area contributed by atoms with Crippen molar-refractivity contribution in [2.45, 2.75) is 78.1 Å². The van der Waals surface area contributed by atoms with E-state index in [1.807, 2.05) is 6.92 Å². The van der Waals surface area contributed by atoms with Gasteiger partial charge < -0.3 is 9.30 Å². The van der Waals surface area contributed by atoms with Gasteiger partial charge in [-0.05, 0) is 12.6 Å². The smallest absolute Gasteiger partial charge is 0.305 e. The molecule has 0 bridgehead atoms. The third-order valence-corrected chi connectivity index (χ3v) is 5.07. The number of rotatable bonds is 14. The summed E-state index contributed by atoms with van der Waals surface area (Å²) in [5, 5.41) is 0. The predicted molar refractivity (Wildman–Crippen MR) is 87.2 cm³/mol. The van der Waals surface area contributed by atoms with E-state index in [9.17, 15) is 9.36 Å². The Balaban J connectivity index is 3.21. The first kappa shape index (κ1) is 19.7. The van der Waals surface area contributed by atoms with E-state index in [-0.39, 0.29) is 5.97 Å². The molecule has 0 spiro atoms. The summed E-state index contributed by atoms with van der Waals surface area (Å²) in [6.07, 6.45) is 13.0. The predicted octanol–water partition coefficient (Wildman–Crippen LogP) is 5.03. The van der Waals surface area contributed by atoms with E-state index in [2.05, 4.69) is 6.92 Å². The van der Waals surface area contributed by atoms with Gasteiger partial charge in [0.05, 0.1) is 14.4 Å². The normalized spacial score (nSPS) is 12.3. The second-order valence-electron chi connectivity index (χ2n) is 5.44. The van der Waals surface area contributed by atoms with E-state index in [1.165, 1.54) is 44.9 Å². The van der Waals surface area contributed by atoms with Gasteiger partial charge in [0.2, 0.25) is 0 Å². The zero-order chi connectivity index (χ0) is 15.1. The molecule has 0 aliphatic rings. The molecule has 0 rings (SSSR count). The summed E-state index contributed by atoms with van der Waals surface area (Å²) >= 11 is 0. The van der Waals surface area contributed by atoms with Gasteiger partial charge in [0.1, 0.15) is 0 Å². The van der Waals surface area contributed by atoms with Gasteiger partial charge in [-0.15, -0.1) is 0 Å². The zero-order valence-electron chi connectivity index (χ0n) is 13.4. The van der Waals surface area contributed by atoms with Crippen molar-refractivity contribution in [3.8, 4) is 0 Å². The highest BCUT2D eigenvalue weighted by Crippen LogP contribution is 2.18. The SMILES string of the molecule is CCCCCCCCCCCC(=O)OCC[PH](=O)CC. The highest BCUT2D eigenvalue weighted by Gasteiger charge is 2.03. The molecule has 1 unspecified atom stereocenters. The lowest BCUT2D eigenvalue weighted by Crippen LogP contribution is -2.07. The number of unbranched alkanes of at least 4 members (excludes halogenated alkanes) is 8. The molecule has 0 aliphatic carbocycles. The van der Waals surface area contributed by atoms with Crippen molar-refractivity contribution < 1.29 is 14.1 Å². The van der Waals surface area contributed by atoms with Crippen molar-refractivity contribution in [1.29, 1.82) is 0 Å². The molecular weight excluding hydrogens is 271 g/mol. The van der Waals surface area contributed by atoms with E-state index in [0.717, 1.165) is 12.8 Å². The average molecular weight is 304 g/mol. The fourth-order valence-corrected chi connectivity index (χ4v) is 2.79. The second kappa shape index (κ2) is 15.1. The molecule has 0 heterocycles. The van der Waals surface area contributed by atoms with Gasteiger partial charge in [0.25, 0.3) is 0 Å². The van der Waals surface area contributed by atoms with Gasteiger partial charge in [0, 0.05) is 12.6 Å². The van der Waals surface area contributed by atoms with E-state index < -0.39 is 7.80 Å². The molecule has 0 aromatic carbocycles. The van der Waals surface area contributed by atoms with Crippen molar-refractivity contribution >= 4 is 13.8 Å². The van der Waals surface area contributed by atoms with Crippen LogP contribution in [-0.2, 0) is 14.1 Å². The summed E-state index contributed by atoms with van der Waals surface area (Å²) in [6, 6.07) is 0. The maximum absolute atomic E-state index is 11.4. The van der Waals surface area contributed by atoms with Gasteiger partial charge in [0.15, 0.2) is 0 Å². The average Bonchev–Trinajstić information content (AvgIpc) is 2.45. The van der Waals surface area contributed by atoms with Crippen LogP contribution < -0.4 is 0 Å². The molecule has 20 heavy (non-hydrogen) atoms. The lowest BCUT2D eigenvalue weighted by molar-refractivity contribution is -0.143. The molecule has 0 saturated carbocycles. The van der Waals surface area contributed by atoms with Crippen molar-refractivity contribution in [1.82, 2.24) is 0 Å². The summed E-state index contributed by atoms with van der Waals surface area (Å²) < 4.78 is 16.3. The van der Waals surface area contributed by atoms with Crippen LogP contribution in [0.2, 0.25) is 0 Å². The molecule has 3 nitrogen and oxygen atoms in total. The van der Waals surface area contributed by atoms with E-state index in [4.69, 9.17) is 4.74 Å². The summed E-state index contributed by atoms with van der Waals surface area (Å²) in [5.74, 6) is -0.126. The highest BCUT2D eigenvalue weighted by molar-refractivity contribution is 7.44. The number of hydrogen-bond acceptors (Lipinski definition) is 3. The molecule has 120 valence electrons. The molecule has 0 aliphatic heterocycles. The highest BCUT2D eigenvalue weighted by atomic mass is 31.1. The number of carbonyl (C=O) groups excluding carboxylic acids is 1. The number of hydrogen-bond donors (Lipinski definition) is 0.